The van der Waals surface area contributed by atoms with E-state index in [0.717, 1.165) is 0 Å². The summed E-state index contributed by atoms with van der Waals surface area (Å²) in [4.78, 5) is 15.6. The Balaban J connectivity index is 5.46. The van der Waals surface area contributed by atoms with Crippen molar-refractivity contribution < 1.29 is 14.9 Å². The van der Waals surface area contributed by atoms with Crippen LogP contribution in [-0.2, 0) is 9.68 Å². The van der Waals surface area contributed by atoms with Crippen LogP contribution in [0.3, 0.4) is 0 Å². The van der Waals surface area contributed by atoms with Crippen molar-refractivity contribution in [1.29, 1.82) is 0 Å². The molecule has 3 nitrogen and oxygen atoms in total. The fourth-order valence-corrected chi connectivity index (χ4v) is 3.70. The van der Waals surface area contributed by atoms with Crippen LogP contribution < -0.4 is 0 Å². The Bertz CT molecular complexity index is 239. The molecule has 0 atom stereocenters. The molecule has 96 valence electrons. The van der Waals surface area contributed by atoms with E-state index in [0.29, 0.717) is 0 Å². The molecule has 16 heavy (non-hydrogen) atoms. The van der Waals surface area contributed by atoms with Crippen LogP contribution in [0, 0.1) is 22.2 Å². The van der Waals surface area contributed by atoms with Crippen LogP contribution >= 0.6 is 0 Å². The Kier molecular flexibility index (Phi) is 4.21. The lowest BCUT2D eigenvalue weighted by molar-refractivity contribution is -0.250. The summed E-state index contributed by atoms with van der Waals surface area (Å²) in [6, 6.07) is 0. The van der Waals surface area contributed by atoms with Gasteiger partial charge in [-0.15, -0.1) is 0 Å². The van der Waals surface area contributed by atoms with Crippen LogP contribution in [0.1, 0.15) is 55.4 Å². The van der Waals surface area contributed by atoms with E-state index < -0.39 is 11.4 Å². The molecule has 0 aliphatic heterocycles. The van der Waals surface area contributed by atoms with Gasteiger partial charge in [-0.05, 0) is 30.6 Å². The SMILES string of the molecule is CC(C)(C)C(C(C)(C)C)C(C)(C)C(=O)OO. The van der Waals surface area contributed by atoms with Gasteiger partial charge in [-0.25, -0.2) is 4.79 Å². The van der Waals surface area contributed by atoms with Gasteiger partial charge >= 0.3 is 5.97 Å². The maximum atomic E-state index is 11.7. The molecule has 0 unspecified atom stereocenters. The fourth-order valence-electron chi connectivity index (χ4n) is 3.70. The second-order valence-electron chi connectivity index (χ2n) is 7.27. The summed E-state index contributed by atoms with van der Waals surface area (Å²) in [7, 11) is 0. The van der Waals surface area contributed by atoms with Crippen molar-refractivity contribution in [3.05, 3.63) is 0 Å². The molecule has 0 saturated heterocycles. The molecule has 0 amide bonds. The van der Waals surface area contributed by atoms with E-state index in [1.165, 1.54) is 0 Å². The van der Waals surface area contributed by atoms with E-state index in [9.17, 15) is 4.79 Å². The summed E-state index contributed by atoms with van der Waals surface area (Å²) in [6.45, 7) is 16.3. The van der Waals surface area contributed by atoms with Crippen molar-refractivity contribution in [2.45, 2.75) is 55.4 Å². The zero-order valence-corrected chi connectivity index (χ0v) is 11.8. The number of carbonyl (C=O) groups excluding carboxylic acids is 1. The molecule has 0 heterocycles. The maximum Gasteiger partial charge on any atom is 0.347 e. The third-order valence-corrected chi connectivity index (χ3v) is 3.06. The lowest BCUT2D eigenvalue weighted by Gasteiger charge is -2.48. The Labute approximate surface area is 99.1 Å². The minimum absolute atomic E-state index is 0.0457. The summed E-state index contributed by atoms with van der Waals surface area (Å²) >= 11 is 0. The zero-order valence-electron chi connectivity index (χ0n) is 11.8. The largest absolute Gasteiger partial charge is 0.347 e. The highest BCUT2D eigenvalue weighted by Gasteiger charge is 2.50. The third-order valence-electron chi connectivity index (χ3n) is 3.06. The lowest BCUT2D eigenvalue weighted by atomic mass is 9.56. The second-order valence-corrected chi connectivity index (χ2v) is 7.27. The monoisotopic (exact) mass is 230 g/mol. The first-order valence-corrected chi connectivity index (χ1v) is 5.71. The average Bonchev–Trinajstić information content (AvgIpc) is 1.95. The van der Waals surface area contributed by atoms with Crippen LogP contribution in [0.25, 0.3) is 0 Å². The van der Waals surface area contributed by atoms with Crippen molar-refractivity contribution in [1.82, 2.24) is 0 Å². The number of rotatable bonds is 2. The third kappa shape index (κ3) is 3.21. The summed E-state index contributed by atoms with van der Waals surface area (Å²) < 4.78 is 0. The van der Waals surface area contributed by atoms with E-state index >= 15 is 0 Å². The van der Waals surface area contributed by atoms with Crippen LogP contribution in [0.15, 0.2) is 0 Å². The van der Waals surface area contributed by atoms with Gasteiger partial charge in [0.05, 0.1) is 5.41 Å². The van der Waals surface area contributed by atoms with Crippen molar-refractivity contribution in [3.8, 4) is 0 Å². The van der Waals surface area contributed by atoms with Crippen molar-refractivity contribution in [3.63, 3.8) is 0 Å². The maximum absolute atomic E-state index is 11.7. The molecular weight excluding hydrogens is 204 g/mol. The molecule has 0 saturated carbocycles. The molecule has 0 aliphatic rings. The van der Waals surface area contributed by atoms with Gasteiger partial charge in [0.1, 0.15) is 0 Å². The summed E-state index contributed by atoms with van der Waals surface area (Å²) in [5, 5.41) is 8.60. The van der Waals surface area contributed by atoms with Gasteiger partial charge in [0.2, 0.25) is 0 Å². The minimum atomic E-state index is -0.717. The predicted molar refractivity (Wildman–Crippen MR) is 64.9 cm³/mol. The highest BCUT2D eigenvalue weighted by molar-refractivity contribution is 5.75. The van der Waals surface area contributed by atoms with Crippen molar-refractivity contribution in [2.24, 2.45) is 22.2 Å². The highest BCUT2D eigenvalue weighted by Crippen LogP contribution is 2.50. The second kappa shape index (κ2) is 4.36. The molecule has 0 aromatic rings. The Morgan fingerprint density at radius 2 is 1.25 bits per heavy atom. The van der Waals surface area contributed by atoms with Crippen LogP contribution in [0.4, 0.5) is 0 Å². The zero-order chi connectivity index (χ0) is 13.4. The number of hydrogen-bond acceptors (Lipinski definition) is 3. The normalized spacial score (nSPS) is 14.1. The van der Waals surface area contributed by atoms with Gasteiger partial charge in [-0.3, -0.25) is 0 Å². The first-order chi connectivity index (χ1) is 6.85. The smallest absolute Gasteiger partial charge is 0.300 e. The topological polar surface area (TPSA) is 46.5 Å². The molecule has 0 bridgehead atoms. The van der Waals surface area contributed by atoms with Gasteiger partial charge in [-0.2, -0.15) is 5.26 Å². The molecule has 0 spiro atoms. The first kappa shape index (κ1) is 15.4. The first-order valence-electron chi connectivity index (χ1n) is 5.71. The Morgan fingerprint density at radius 1 is 0.938 bits per heavy atom. The molecule has 1 N–H and O–H groups in total. The summed E-state index contributed by atoms with van der Waals surface area (Å²) in [5.74, 6) is -0.477. The van der Waals surface area contributed by atoms with Crippen LogP contribution in [-0.4, -0.2) is 11.2 Å². The molecule has 0 radical (unpaired) electrons. The lowest BCUT2D eigenvalue weighted by Crippen LogP contribution is -2.47. The van der Waals surface area contributed by atoms with E-state index in [2.05, 4.69) is 46.4 Å². The Hall–Kier alpha value is -0.570. The summed E-state index contributed by atoms with van der Waals surface area (Å²) in [6.07, 6.45) is 0. The van der Waals surface area contributed by atoms with Gasteiger partial charge in [0.15, 0.2) is 0 Å². The molecule has 3 heteroatoms. The molecule has 0 rings (SSSR count). The quantitative estimate of drug-likeness (QED) is 0.580. The van der Waals surface area contributed by atoms with Crippen molar-refractivity contribution in [2.75, 3.05) is 0 Å². The number of carbonyl (C=O) groups is 1. The molecule has 0 fully saturated rings. The average molecular weight is 230 g/mol. The standard InChI is InChI=1S/C13H26O3/c1-11(2,3)9(12(4,5)6)13(7,8)10(14)16-15/h9,15H,1-8H3. The fraction of sp³-hybridized carbons (Fsp3) is 0.923. The highest BCUT2D eigenvalue weighted by atomic mass is 17.1. The predicted octanol–water partition coefficient (Wildman–Crippen LogP) is 3.74. The van der Waals surface area contributed by atoms with Gasteiger partial charge in [0, 0.05) is 0 Å². The summed E-state index contributed by atoms with van der Waals surface area (Å²) in [5.41, 5.74) is -0.808. The van der Waals surface area contributed by atoms with E-state index in [1.807, 2.05) is 13.8 Å². The molecule has 0 aromatic heterocycles. The van der Waals surface area contributed by atoms with Crippen molar-refractivity contribution >= 4 is 5.97 Å². The van der Waals surface area contributed by atoms with Gasteiger partial charge in [0.25, 0.3) is 0 Å². The van der Waals surface area contributed by atoms with E-state index in [4.69, 9.17) is 5.26 Å². The molecule has 0 aromatic carbocycles. The van der Waals surface area contributed by atoms with Crippen LogP contribution in [0.2, 0.25) is 0 Å². The van der Waals surface area contributed by atoms with E-state index in [1.54, 1.807) is 0 Å². The molecular formula is C13H26O3. The number of hydrogen-bond donors (Lipinski definition) is 1. The van der Waals surface area contributed by atoms with Crippen LogP contribution in [0.5, 0.6) is 0 Å². The van der Waals surface area contributed by atoms with Gasteiger partial charge < -0.3 is 4.89 Å². The van der Waals surface area contributed by atoms with Gasteiger partial charge in [-0.1, -0.05) is 41.5 Å². The van der Waals surface area contributed by atoms with E-state index in [-0.39, 0.29) is 16.7 Å². The molecule has 0 aliphatic carbocycles. The minimum Gasteiger partial charge on any atom is -0.300 e. The Morgan fingerprint density at radius 3 is 1.44 bits per heavy atom.